The highest BCUT2D eigenvalue weighted by atomic mass is 16.2. The van der Waals surface area contributed by atoms with E-state index in [1.165, 1.54) is 32.4 Å². The fourth-order valence-corrected chi connectivity index (χ4v) is 3.13. The standard InChI is InChI=1S/C14H28N4O/c1-16(7-4-6-15)14(19)12-17-10-5-13(11-17)18-8-2-3-9-18/h13H,2-12,15H2,1H3. The molecule has 2 N–H and O–H groups in total. The predicted molar refractivity (Wildman–Crippen MR) is 77.0 cm³/mol. The summed E-state index contributed by atoms with van der Waals surface area (Å²) in [6.45, 7) is 6.64. The quantitative estimate of drug-likeness (QED) is 0.735. The number of likely N-dealkylation sites (tertiary alicyclic amines) is 2. The molecule has 0 spiro atoms. The molecule has 0 aliphatic carbocycles. The fourth-order valence-electron chi connectivity index (χ4n) is 3.13. The number of nitrogens with two attached hydrogens (primary N) is 1. The Morgan fingerprint density at radius 1 is 1.32 bits per heavy atom. The highest BCUT2D eigenvalue weighted by Crippen LogP contribution is 2.20. The van der Waals surface area contributed by atoms with Crippen LogP contribution in [0.4, 0.5) is 0 Å². The number of nitrogens with zero attached hydrogens (tertiary/aromatic N) is 3. The van der Waals surface area contributed by atoms with Crippen molar-refractivity contribution in [2.45, 2.75) is 31.7 Å². The molecule has 2 fully saturated rings. The molecule has 1 unspecified atom stereocenters. The molecule has 2 heterocycles. The van der Waals surface area contributed by atoms with Gasteiger partial charge in [0.25, 0.3) is 0 Å². The van der Waals surface area contributed by atoms with Gasteiger partial charge in [0.05, 0.1) is 6.54 Å². The van der Waals surface area contributed by atoms with Gasteiger partial charge in [-0.15, -0.1) is 0 Å². The van der Waals surface area contributed by atoms with Gasteiger partial charge in [0.15, 0.2) is 0 Å². The Balaban J connectivity index is 1.70. The maximum absolute atomic E-state index is 12.1. The van der Waals surface area contributed by atoms with Gasteiger partial charge in [-0.2, -0.15) is 0 Å². The van der Waals surface area contributed by atoms with Crippen molar-refractivity contribution in [1.29, 1.82) is 0 Å². The van der Waals surface area contributed by atoms with Gasteiger partial charge in [0.2, 0.25) is 5.91 Å². The normalized spacial score (nSPS) is 25.1. The van der Waals surface area contributed by atoms with Gasteiger partial charge >= 0.3 is 0 Å². The number of carbonyl (C=O) groups is 1. The van der Waals surface area contributed by atoms with Gasteiger partial charge in [0, 0.05) is 32.7 Å². The number of rotatable bonds is 6. The molecule has 2 aliphatic rings. The number of likely N-dealkylation sites (N-methyl/N-ethyl adjacent to an activating group) is 1. The van der Waals surface area contributed by atoms with E-state index in [1.807, 2.05) is 11.9 Å². The van der Waals surface area contributed by atoms with Gasteiger partial charge in [0.1, 0.15) is 0 Å². The van der Waals surface area contributed by atoms with Crippen LogP contribution in [0.25, 0.3) is 0 Å². The molecule has 5 nitrogen and oxygen atoms in total. The lowest BCUT2D eigenvalue weighted by Crippen LogP contribution is -2.40. The van der Waals surface area contributed by atoms with Crippen LogP contribution in [-0.2, 0) is 4.79 Å². The second kappa shape index (κ2) is 7.22. The molecule has 0 aromatic heterocycles. The van der Waals surface area contributed by atoms with Crippen LogP contribution in [0.5, 0.6) is 0 Å². The summed E-state index contributed by atoms with van der Waals surface area (Å²) in [7, 11) is 1.88. The molecule has 0 radical (unpaired) electrons. The van der Waals surface area contributed by atoms with Crippen molar-refractivity contribution in [3.05, 3.63) is 0 Å². The minimum absolute atomic E-state index is 0.232. The van der Waals surface area contributed by atoms with Crippen LogP contribution < -0.4 is 5.73 Å². The van der Waals surface area contributed by atoms with E-state index in [-0.39, 0.29) is 5.91 Å². The lowest BCUT2D eigenvalue weighted by Gasteiger charge is -2.24. The summed E-state index contributed by atoms with van der Waals surface area (Å²) < 4.78 is 0. The summed E-state index contributed by atoms with van der Waals surface area (Å²) in [5.74, 6) is 0.232. The van der Waals surface area contributed by atoms with E-state index < -0.39 is 0 Å². The second-order valence-electron chi connectivity index (χ2n) is 5.88. The lowest BCUT2D eigenvalue weighted by atomic mass is 10.2. The first-order chi connectivity index (χ1) is 9.20. The SMILES string of the molecule is CN(CCCN)C(=O)CN1CCC(N2CCCC2)C1. The van der Waals surface area contributed by atoms with Crippen LogP contribution >= 0.6 is 0 Å². The number of carbonyl (C=O) groups excluding carboxylic acids is 1. The molecule has 1 atom stereocenters. The van der Waals surface area contributed by atoms with E-state index in [2.05, 4.69) is 9.80 Å². The number of amides is 1. The molecule has 19 heavy (non-hydrogen) atoms. The minimum atomic E-state index is 0.232. The van der Waals surface area contributed by atoms with Crippen LogP contribution in [0.15, 0.2) is 0 Å². The maximum atomic E-state index is 12.1. The van der Waals surface area contributed by atoms with E-state index in [0.717, 1.165) is 26.1 Å². The van der Waals surface area contributed by atoms with Gasteiger partial charge in [-0.1, -0.05) is 0 Å². The van der Waals surface area contributed by atoms with Crippen LogP contribution in [0.1, 0.15) is 25.7 Å². The Morgan fingerprint density at radius 3 is 2.74 bits per heavy atom. The first-order valence-corrected chi connectivity index (χ1v) is 7.61. The lowest BCUT2D eigenvalue weighted by molar-refractivity contribution is -0.130. The highest BCUT2D eigenvalue weighted by molar-refractivity contribution is 5.78. The monoisotopic (exact) mass is 268 g/mol. The van der Waals surface area contributed by atoms with Crippen molar-refractivity contribution in [1.82, 2.24) is 14.7 Å². The van der Waals surface area contributed by atoms with Crippen molar-refractivity contribution < 1.29 is 4.79 Å². The zero-order chi connectivity index (χ0) is 13.7. The minimum Gasteiger partial charge on any atom is -0.345 e. The van der Waals surface area contributed by atoms with Crippen LogP contribution in [0, 0.1) is 0 Å². The summed E-state index contributed by atoms with van der Waals surface area (Å²) in [5.41, 5.74) is 5.47. The molecular formula is C14H28N4O. The van der Waals surface area contributed by atoms with Crippen LogP contribution in [0.2, 0.25) is 0 Å². The highest BCUT2D eigenvalue weighted by Gasteiger charge is 2.30. The van der Waals surface area contributed by atoms with Crippen molar-refractivity contribution >= 4 is 5.91 Å². The molecule has 0 aromatic rings. The third kappa shape index (κ3) is 4.16. The first-order valence-electron chi connectivity index (χ1n) is 7.61. The fraction of sp³-hybridized carbons (Fsp3) is 0.929. The average molecular weight is 268 g/mol. The summed E-state index contributed by atoms with van der Waals surface area (Å²) in [4.78, 5) is 18.8. The van der Waals surface area contributed by atoms with Gasteiger partial charge < -0.3 is 10.6 Å². The average Bonchev–Trinajstić information content (AvgIpc) is 3.05. The summed E-state index contributed by atoms with van der Waals surface area (Å²) in [6, 6.07) is 0.685. The molecule has 5 heteroatoms. The van der Waals surface area contributed by atoms with E-state index in [1.54, 1.807) is 0 Å². The molecule has 0 aromatic carbocycles. The van der Waals surface area contributed by atoms with Crippen LogP contribution in [0.3, 0.4) is 0 Å². The molecule has 0 saturated carbocycles. The van der Waals surface area contributed by atoms with Crippen LogP contribution in [-0.4, -0.2) is 79.5 Å². The summed E-state index contributed by atoms with van der Waals surface area (Å²) >= 11 is 0. The topological polar surface area (TPSA) is 52.8 Å². The molecule has 2 saturated heterocycles. The predicted octanol–water partition coefficient (Wildman–Crippen LogP) is -0.0363. The molecule has 0 bridgehead atoms. The van der Waals surface area contributed by atoms with Crippen molar-refractivity contribution in [3.8, 4) is 0 Å². The van der Waals surface area contributed by atoms with Crippen molar-refractivity contribution in [3.63, 3.8) is 0 Å². The van der Waals surface area contributed by atoms with Gasteiger partial charge in [-0.25, -0.2) is 0 Å². The second-order valence-corrected chi connectivity index (χ2v) is 5.88. The van der Waals surface area contributed by atoms with Gasteiger partial charge in [-0.3, -0.25) is 14.6 Å². The van der Waals surface area contributed by atoms with E-state index >= 15 is 0 Å². The summed E-state index contributed by atoms with van der Waals surface area (Å²) in [6.07, 6.45) is 4.80. The van der Waals surface area contributed by atoms with Crippen molar-refractivity contribution in [2.24, 2.45) is 5.73 Å². The molecule has 2 rings (SSSR count). The van der Waals surface area contributed by atoms with E-state index in [9.17, 15) is 4.79 Å². The largest absolute Gasteiger partial charge is 0.345 e. The Hall–Kier alpha value is -0.650. The maximum Gasteiger partial charge on any atom is 0.236 e. The molecule has 110 valence electrons. The van der Waals surface area contributed by atoms with Crippen molar-refractivity contribution in [2.75, 3.05) is 52.9 Å². The number of hydrogen-bond donors (Lipinski definition) is 1. The third-order valence-corrected chi connectivity index (χ3v) is 4.39. The van der Waals surface area contributed by atoms with E-state index in [4.69, 9.17) is 5.73 Å². The van der Waals surface area contributed by atoms with E-state index in [0.29, 0.717) is 19.1 Å². The zero-order valence-electron chi connectivity index (χ0n) is 12.2. The Morgan fingerprint density at radius 2 is 2.05 bits per heavy atom. The zero-order valence-corrected chi connectivity index (χ0v) is 12.2. The Bertz CT molecular complexity index is 291. The third-order valence-electron chi connectivity index (χ3n) is 4.39. The Labute approximate surface area is 116 Å². The molecule has 1 amide bonds. The number of hydrogen-bond acceptors (Lipinski definition) is 4. The summed E-state index contributed by atoms with van der Waals surface area (Å²) in [5, 5.41) is 0. The van der Waals surface area contributed by atoms with Gasteiger partial charge in [-0.05, 0) is 45.3 Å². The Kier molecular flexibility index (Phi) is 5.60. The first kappa shape index (κ1) is 14.8. The molecule has 2 aliphatic heterocycles. The smallest absolute Gasteiger partial charge is 0.236 e. The molecular weight excluding hydrogens is 240 g/mol.